The molecule has 0 aliphatic heterocycles. The Morgan fingerprint density at radius 3 is 2.53 bits per heavy atom. The van der Waals surface area contributed by atoms with Gasteiger partial charge in [-0.15, -0.1) is 0 Å². The lowest BCUT2D eigenvalue weighted by atomic mass is 10.1. The van der Waals surface area contributed by atoms with E-state index in [-0.39, 0.29) is 11.3 Å². The number of nitriles is 1. The molecule has 1 aromatic rings. The van der Waals surface area contributed by atoms with Crippen LogP contribution in [-0.2, 0) is 4.79 Å². The third-order valence-electron chi connectivity index (χ3n) is 2.25. The second-order valence-electron chi connectivity index (χ2n) is 3.76. The van der Waals surface area contributed by atoms with Crippen LogP contribution >= 0.6 is 31.9 Å². The normalized spacial score (nSPS) is 10.9. The van der Waals surface area contributed by atoms with E-state index >= 15 is 0 Å². The van der Waals surface area contributed by atoms with E-state index in [4.69, 9.17) is 5.26 Å². The second-order valence-corrected chi connectivity index (χ2v) is 5.47. The lowest BCUT2D eigenvalue weighted by Gasteiger charge is -2.04. The maximum atomic E-state index is 11.7. The third kappa shape index (κ3) is 4.37. The van der Waals surface area contributed by atoms with Gasteiger partial charge in [0.2, 0.25) is 0 Å². The van der Waals surface area contributed by atoms with Gasteiger partial charge in [0, 0.05) is 6.54 Å². The summed E-state index contributed by atoms with van der Waals surface area (Å²) in [4.78, 5) is 11.7. The number of phenols is 1. The van der Waals surface area contributed by atoms with Gasteiger partial charge >= 0.3 is 0 Å². The Morgan fingerprint density at radius 1 is 1.47 bits per heavy atom. The molecule has 0 unspecified atom stereocenters. The number of phenolic OH excluding ortho intramolecular Hbond substituents is 1. The van der Waals surface area contributed by atoms with Gasteiger partial charge in [0.15, 0.2) is 0 Å². The average molecular weight is 388 g/mol. The van der Waals surface area contributed by atoms with Gasteiger partial charge in [-0.25, -0.2) is 0 Å². The van der Waals surface area contributed by atoms with Crippen LogP contribution in [0.2, 0.25) is 0 Å². The number of aromatic hydroxyl groups is 1. The maximum absolute atomic E-state index is 11.7. The molecule has 6 heteroatoms. The SMILES string of the molecule is CCCNC(=O)/C(C#N)=C/c1cc(Br)c(O)c(Br)c1. The van der Waals surface area contributed by atoms with Crippen LogP contribution in [0.5, 0.6) is 5.75 Å². The van der Waals surface area contributed by atoms with Gasteiger partial charge < -0.3 is 10.4 Å². The molecule has 0 spiro atoms. The molecule has 4 nitrogen and oxygen atoms in total. The summed E-state index contributed by atoms with van der Waals surface area (Å²) in [5.41, 5.74) is 0.665. The van der Waals surface area contributed by atoms with Crippen molar-refractivity contribution in [2.45, 2.75) is 13.3 Å². The van der Waals surface area contributed by atoms with Crippen LogP contribution in [0.3, 0.4) is 0 Å². The minimum Gasteiger partial charge on any atom is -0.506 e. The Labute approximate surface area is 128 Å². The maximum Gasteiger partial charge on any atom is 0.261 e. The smallest absolute Gasteiger partial charge is 0.261 e. The largest absolute Gasteiger partial charge is 0.506 e. The van der Waals surface area contributed by atoms with Crippen LogP contribution in [-0.4, -0.2) is 17.6 Å². The summed E-state index contributed by atoms with van der Waals surface area (Å²) in [6, 6.07) is 5.13. The summed E-state index contributed by atoms with van der Waals surface area (Å²) in [5, 5.41) is 21.2. The second kappa shape index (κ2) is 7.31. The fourth-order valence-corrected chi connectivity index (χ4v) is 2.54. The average Bonchev–Trinajstić information content (AvgIpc) is 2.39. The molecule has 0 saturated carbocycles. The van der Waals surface area contributed by atoms with Crippen LogP contribution < -0.4 is 5.32 Å². The Hall–Kier alpha value is -1.32. The molecule has 1 aromatic carbocycles. The molecule has 0 saturated heterocycles. The van der Waals surface area contributed by atoms with Crippen molar-refractivity contribution in [3.05, 3.63) is 32.2 Å². The first kappa shape index (κ1) is 15.7. The monoisotopic (exact) mass is 386 g/mol. The number of nitrogens with zero attached hydrogens (tertiary/aromatic N) is 1. The zero-order chi connectivity index (χ0) is 14.4. The predicted molar refractivity (Wildman–Crippen MR) is 80.4 cm³/mol. The number of halogens is 2. The third-order valence-corrected chi connectivity index (χ3v) is 3.46. The highest BCUT2D eigenvalue weighted by Gasteiger charge is 2.10. The van der Waals surface area contributed by atoms with E-state index in [0.717, 1.165) is 6.42 Å². The first-order valence-electron chi connectivity index (χ1n) is 5.57. The van der Waals surface area contributed by atoms with Crippen molar-refractivity contribution in [1.82, 2.24) is 5.32 Å². The minimum atomic E-state index is -0.398. The standard InChI is InChI=1S/C13H12Br2N2O2/c1-2-3-17-13(19)9(7-16)4-8-5-10(14)12(18)11(15)6-8/h4-6,18H,2-3H2,1H3,(H,17,19)/b9-4+. The lowest BCUT2D eigenvalue weighted by Crippen LogP contribution is -2.25. The molecule has 0 aliphatic carbocycles. The van der Waals surface area contributed by atoms with E-state index in [0.29, 0.717) is 21.1 Å². The highest BCUT2D eigenvalue weighted by atomic mass is 79.9. The molecule has 0 aliphatic rings. The van der Waals surface area contributed by atoms with Crippen molar-refractivity contribution in [1.29, 1.82) is 5.26 Å². The Morgan fingerprint density at radius 2 is 2.05 bits per heavy atom. The van der Waals surface area contributed by atoms with Crippen molar-refractivity contribution < 1.29 is 9.90 Å². The Balaban J connectivity index is 3.05. The van der Waals surface area contributed by atoms with Crippen LogP contribution in [0.1, 0.15) is 18.9 Å². The summed E-state index contributed by atoms with van der Waals surface area (Å²) >= 11 is 6.39. The van der Waals surface area contributed by atoms with E-state index in [9.17, 15) is 9.90 Å². The molecule has 1 rings (SSSR count). The fraction of sp³-hybridized carbons (Fsp3) is 0.231. The van der Waals surface area contributed by atoms with Crippen molar-refractivity contribution in [2.24, 2.45) is 0 Å². The van der Waals surface area contributed by atoms with E-state index in [1.165, 1.54) is 6.08 Å². The van der Waals surface area contributed by atoms with Gasteiger partial charge in [-0.05, 0) is 62.1 Å². The van der Waals surface area contributed by atoms with Gasteiger partial charge in [0.1, 0.15) is 17.4 Å². The van der Waals surface area contributed by atoms with Crippen LogP contribution in [0.25, 0.3) is 6.08 Å². The molecule has 100 valence electrons. The van der Waals surface area contributed by atoms with Gasteiger partial charge in [0.05, 0.1) is 8.95 Å². The van der Waals surface area contributed by atoms with Gasteiger partial charge in [0.25, 0.3) is 5.91 Å². The molecule has 0 bridgehead atoms. The summed E-state index contributed by atoms with van der Waals surface area (Å²) in [6.45, 7) is 2.46. The highest BCUT2D eigenvalue weighted by molar-refractivity contribution is 9.11. The molecule has 0 heterocycles. The van der Waals surface area contributed by atoms with Crippen molar-refractivity contribution in [3.8, 4) is 11.8 Å². The first-order chi connectivity index (χ1) is 8.99. The Kier molecular flexibility index (Phi) is 6.06. The molecular weight excluding hydrogens is 376 g/mol. The summed E-state index contributed by atoms with van der Waals surface area (Å²) < 4.78 is 0.971. The molecule has 0 atom stereocenters. The molecule has 1 amide bonds. The summed E-state index contributed by atoms with van der Waals surface area (Å²) in [5.74, 6) is -0.323. The first-order valence-corrected chi connectivity index (χ1v) is 7.16. The zero-order valence-electron chi connectivity index (χ0n) is 10.2. The molecule has 0 fully saturated rings. The number of hydrogen-bond acceptors (Lipinski definition) is 3. The predicted octanol–water partition coefficient (Wildman–Crippen LogP) is 3.35. The van der Waals surface area contributed by atoms with Crippen LogP contribution in [0.4, 0.5) is 0 Å². The van der Waals surface area contributed by atoms with E-state index in [2.05, 4.69) is 37.2 Å². The summed E-state index contributed by atoms with van der Waals surface area (Å²) in [7, 11) is 0. The number of rotatable bonds is 4. The van der Waals surface area contributed by atoms with Crippen LogP contribution in [0, 0.1) is 11.3 Å². The number of carbonyl (C=O) groups excluding carboxylic acids is 1. The lowest BCUT2D eigenvalue weighted by molar-refractivity contribution is -0.117. The molecule has 2 N–H and O–H groups in total. The molecule has 19 heavy (non-hydrogen) atoms. The van der Waals surface area contributed by atoms with Crippen molar-refractivity contribution in [3.63, 3.8) is 0 Å². The van der Waals surface area contributed by atoms with E-state index in [1.54, 1.807) is 12.1 Å². The van der Waals surface area contributed by atoms with Crippen molar-refractivity contribution in [2.75, 3.05) is 6.54 Å². The van der Waals surface area contributed by atoms with Gasteiger partial charge in [-0.2, -0.15) is 5.26 Å². The van der Waals surface area contributed by atoms with Crippen molar-refractivity contribution >= 4 is 43.8 Å². The summed E-state index contributed by atoms with van der Waals surface area (Å²) in [6.07, 6.45) is 2.28. The number of hydrogen-bond donors (Lipinski definition) is 2. The van der Waals surface area contributed by atoms with E-state index < -0.39 is 5.91 Å². The molecule has 0 radical (unpaired) electrons. The zero-order valence-corrected chi connectivity index (χ0v) is 13.4. The minimum absolute atomic E-state index is 0.0259. The quantitative estimate of drug-likeness (QED) is 0.614. The van der Waals surface area contributed by atoms with E-state index in [1.807, 2.05) is 13.0 Å². The molecule has 0 aromatic heterocycles. The molecular formula is C13H12Br2N2O2. The Bertz CT molecular complexity index is 539. The topological polar surface area (TPSA) is 73.1 Å². The number of amides is 1. The number of benzene rings is 1. The highest BCUT2D eigenvalue weighted by Crippen LogP contribution is 2.33. The van der Waals surface area contributed by atoms with Crippen LogP contribution in [0.15, 0.2) is 26.7 Å². The fourth-order valence-electron chi connectivity index (χ4n) is 1.32. The number of carbonyl (C=O) groups is 1. The number of nitrogens with one attached hydrogen (secondary N) is 1. The van der Waals surface area contributed by atoms with Gasteiger partial charge in [-0.3, -0.25) is 4.79 Å². The van der Waals surface area contributed by atoms with Gasteiger partial charge in [-0.1, -0.05) is 6.92 Å².